The molecule has 8 heteroatoms. The highest BCUT2D eigenvalue weighted by Crippen LogP contribution is 2.25. The molecule has 1 aromatic heterocycles. The lowest BCUT2D eigenvalue weighted by atomic mass is 10.2. The highest BCUT2D eigenvalue weighted by molar-refractivity contribution is 7.93. The van der Waals surface area contributed by atoms with Crippen molar-refractivity contribution < 1.29 is 8.42 Å². The average Bonchev–Trinajstić information content (AvgIpc) is 2.82. The van der Waals surface area contributed by atoms with Gasteiger partial charge in [0.25, 0.3) is 0 Å². The van der Waals surface area contributed by atoms with Gasteiger partial charge in [-0.15, -0.1) is 10.2 Å². The van der Waals surface area contributed by atoms with Gasteiger partial charge in [-0.2, -0.15) is 0 Å². The third kappa shape index (κ3) is 3.45. The van der Waals surface area contributed by atoms with Gasteiger partial charge in [0.2, 0.25) is 14.2 Å². The van der Waals surface area contributed by atoms with Gasteiger partial charge in [-0.25, -0.2) is 8.42 Å². The highest BCUT2D eigenvalue weighted by Gasteiger charge is 2.18. The summed E-state index contributed by atoms with van der Waals surface area (Å²) in [7, 11) is -3.30. The second kappa shape index (κ2) is 5.75. The molecule has 0 spiro atoms. The van der Waals surface area contributed by atoms with Gasteiger partial charge in [-0.3, -0.25) is 0 Å². The molecule has 0 radical (unpaired) electrons. The van der Waals surface area contributed by atoms with Crippen LogP contribution >= 0.6 is 34.5 Å². The van der Waals surface area contributed by atoms with E-state index in [1.165, 1.54) is 0 Å². The molecule has 0 bridgehead atoms. The number of hydrogen-bond donors (Lipinski definition) is 0. The minimum atomic E-state index is -3.30. The number of rotatable bonds is 4. The number of hydrogen-bond acceptors (Lipinski definition) is 5. The van der Waals surface area contributed by atoms with E-state index >= 15 is 0 Å². The molecule has 102 valence electrons. The van der Waals surface area contributed by atoms with Crippen molar-refractivity contribution in [1.82, 2.24) is 10.2 Å². The molecular formula is C11H10Cl2N2O2S2. The zero-order valence-corrected chi connectivity index (χ0v) is 13.1. The first-order valence-electron chi connectivity index (χ1n) is 5.41. The normalized spacial score (nSPS) is 11.7. The van der Waals surface area contributed by atoms with Gasteiger partial charge >= 0.3 is 0 Å². The van der Waals surface area contributed by atoms with Crippen LogP contribution in [0.15, 0.2) is 22.5 Å². The molecule has 0 saturated carbocycles. The third-order valence-electron chi connectivity index (χ3n) is 2.45. The molecule has 2 rings (SSSR count). The molecule has 19 heavy (non-hydrogen) atoms. The lowest BCUT2D eigenvalue weighted by Crippen LogP contribution is -2.02. The SMILES string of the molecule is CCS(=O)(=O)c1nnc(Cc2ccc(Cl)cc2Cl)s1. The fourth-order valence-electron chi connectivity index (χ4n) is 1.39. The van der Waals surface area contributed by atoms with E-state index in [4.69, 9.17) is 23.2 Å². The van der Waals surface area contributed by atoms with E-state index in [-0.39, 0.29) is 10.1 Å². The van der Waals surface area contributed by atoms with Crippen molar-refractivity contribution in [2.45, 2.75) is 17.7 Å². The van der Waals surface area contributed by atoms with E-state index < -0.39 is 9.84 Å². The summed E-state index contributed by atoms with van der Waals surface area (Å²) in [6.45, 7) is 1.58. The summed E-state index contributed by atoms with van der Waals surface area (Å²) in [5, 5.41) is 9.29. The Hall–Kier alpha value is -0.690. The quantitative estimate of drug-likeness (QED) is 0.859. The maximum Gasteiger partial charge on any atom is 0.232 e. The number of halogens is 2. The van der Waals surface area contributed by atoms with Crippen LogP contribution in [0.4, 0.5) is 0 Å². The minimum absolute atomic E-state index is 0.0172. The topological polar surface area (TPSA) is 59.9 Å². The highest BCUT2D eigenvalue weighted by atomic mass is 35.5. The van der Waals surface area contributed by atoms with Gasteiger partial charge in [-0.05, 0) is 17.7 Å². The largest absolute Gasteiger partial charge is 0.232 e. The smallest absolute Gasteiger partial charge is 0.221 e. The fourth-order valence-corrected chi connectivity index (χ4v) is 4.02. The van der Waals surface area contributed by atoms with Crippen molar-refractivity contribution in [1.29, 1.82) is 0 Å². The van der Waals surface area contributed by atoms with Crippen molar-refractivity contribution >= 4 is 44.4 Å². The van der Waals surface area contributed by atoms with Crippen molar-refractivity contribution in [2.24, 2.45) is 0 Å². The van der Waals surface area contributed by atoms with Gasteiger partial charge in [0.05, 0.1) is 5.75 Å². The van der Waals surface area contributed by atoms with Crippen LogP contribution in [0.5, 0.6) is 0 Å². The zero-order chi connectivity index (χ0) is 14.0. The van der Waals surface area contributed by atoms with Crippen LogP contribution < -0.4 is 0 Å². The minimum Gasteiger partial charge on any atom is -0.221 e. The number of aromatic nitrogens is 2. The van der Waals surface area contributed by atoms with Crippen molar-refractivity contribution in [2.75, 3.05) is 5.75 Å². The molecule has 1 aromatic carbocycles. The summed E-state index contributed by atoms with van der Waals surface area (Å²) in [5.74, 6) is 0.0172. The summed E-state index contributed by atoms with van der Waals surface area (Å²) in [6.07, 6.45) is 0.437. The summed E-state index contributed by atoms with van der Waals surface area (Å²) in [6, 6.07) is 5.16. The van der Waals surface area contributed by atoms with Crippen molar-refractivity contribution in [3.05, 3.63) is 38.8 Å². The standard InChI is InChI=1S/C11H10Cl2N2O2S2/c1-2-19(16,17)11-15-14-10(18-11)5-7-3-4-8(12)6-9(7)13/h3-4,6H,2,5H2,1H3. The van der Waals surface area contributed by atoms with Crippen molar-refractivity contribution in [3.63, 3.8) is 0 Å². The van der Waals surface area contributed by atoms with Gasteiger partial charge in [0, 0.05) is 16.5 Å². The Bertz CT molecular complexity index is 698. The van der Waals surface area contributed by atoms with Crippen LogP contribution in [0, 0.1) is 0 Å². The Morgan fingerprint density at radius 3 is 2.63 bits per heavy atom. The Kier molecular flexibility index (Phi) is 4.45. The number of sulfone groups is 1. The van der Waals surface area contributed by atoms with E-state index in [0.717, 1.165) is 16.9 Å². The van der Waals surface area contributed by atoms with Crippen LogP contribution in [-0.4, -0.2) is 24.4 Å². The van der Waals surface area contributed by atoms with E-state index in [1.54, 1.807) is 25.1 Å². The Morgan fingerprint density at radius 1 is 1.26 bits per heavy atom. The van der Waals surface area contributed by atoms with E-state index in [1.807, 2.05) is 0 Å². The first kappa shape index (κ1) is 14.7. The second-order valence-electron chi connectivity index (χ2n) is 3.78. The summed E-state index contributed by atoms with van der Waals surface area (Å²) < 4.78 is 23.3. The molecule has 0 fully saturated rings. The van der Waals surface area contributed by atoms with Gasteiger partial charge in [-0.1, -0.05) is 47.5 Å². The third-order valence-corrected chi connectivity index (χ3v) is 6.14. The number of benzene rings is 1. The maximum absolute atomic E-state index is 11.6. The molecule has 0 unspecified atom stereocenters. The van der Waals surface area contributed by atoms with Crippen LogP contribution in [0.1, 0.15) is 17.5 Å². The summed E-state index contributed by atoms with van der Waals surface area (Å²) in [4.78, 5) is 0. The Morgan fingerprint density at radius 2 is 2.00 bits per heavy atom. The second-order valence-corrected chi connectivity index (χ2v) is 8.14. The van der Waals surface area contributed by atoms with Crippen LogP contribution in [0.3, 0.4) is 0 Å². The van der Waals surface area contributed by atoms with Crippen molar-refractivity contribution in [3.8, 4) is 0 Å². The first-order chi connectivity index (χ1) is 8.92. The van der Waals surface area contributed by atoms with E-state index in [0.29, 0.717) is 21.5 Å². The summed E-state index contributed by atoms with van der Waals surface area (Å²) in [5.41, 5.74) is 0.836. The zero-order valence-electron chi connectivity index (χ0n) is 9.93. The fraction of sp³-hybridized carbons (Fsp3) is 0.273. The van der Waals surface area contributed by atoms with Gasteiger partial charge in [0.1, 0.15) is 5.01 Å². The molecule has 0 amide bonds. The van der Waals surface area contributed by atoms with Gasteiger partial charge < -0.3 is 0 Å². The molecule has 4 nitrogen and oxygen atoms in total. The monoisotopic (exact) mass is 336 g/mol. The molecule has 0 saturated heterocycles. The molecule has 2 aromatic rings. The van der Waals surface area contributed by atoms with Crippen LogP contribution in [0.25, 0.3) is 0 Å². The lowest BCUT2D eigenvalue weighted by Gasteiger charge is -2.01. The number of nitrogens with zero attached hydrogens (tertiary/aromatic N) is 2. The maximum atomic E-state index is 11.6. The van der Waals surface area contributed by atoms with Crippen LogP contribution in [-0.2, 0) is 16.3 Å². The molecule has 0 N–H and O–H groups in total. The molecule has 0 aliphatic rings. The molecular weight excluding hydrogens is 327 g/mol. The Balaban J connectivity index is 2.25. The molecule has 0 aliphatic heterocycles. The summed E-state index contributed by atoms with van der Waals surface area (Å²) >= 11 is 12.9. The molecule has 0 aliphatic carbocycles. The Labute approximate surface area is 125 Å². The van der Waals surface area contributed by atoms with Gasteiger partial charge in [0.15, 0.2) is 0 Å². The average molecular weight is 337 g/mol. The first-order valence-corrected chi connectivity index (χ1v) is 8.64. The predicted molar refractivity (Wildman–Crippen MR) is 76.9 cm³/mol. The van der Waals surface area contributed by atoms with E-state index in [2.05, 4.69) is 10.2 Å². The molecule has 0 atom stereocenters. The molecule has 1 heterocycles. The lowest BCUT2D eigenvalue weighted by molar-refractivity contribution is 0.595. The van der Waals surface area contributed by atoms with E-state index in [9.17, 15) is 8.42 Å². The van der Waals surface area contributed by atoms with Crippen LogP contribution in [0.2, 0.25) is 10.0 Å². The predicted octanol–water partition coefficient (Wildman–Crippen LogP) is 3.23.